The zero-order valence-corrected chi connectivity index (χ0v) is 21.6. The summed E-state index contributed by atoms with van der Waals surface area (Å²) < 4.78 is 9.59. The van der Waals surface area contributed by atoms with Gasteiger partial charge in [-0.2, -0.15) is 0 Å². The topological polar surface area (TPSA) is 71.6 Å². The maximum atomic E-state index is 13.0. The molecule has 4 rings (SSSR count). The molecular weight excluding hydrogens is 566 g/mol. The lowest BCUT2D eigenvalue weighted by molar-refractivity contribution is -0.143. The van der Waals surface area contributed by atoms with Crippen LogP contribution in [0.3, 0.4) is 0 Å². The Balaban J connectivity index is 1.82. The molecule has 6 nitrogen and oxygen atoms in total. The van der Waals surface area contributed by atoms with Gasteiger partial charge in [-0.15, -0.1) is 23.2 Å². The smallest absolute Gasteiger partial charge is 0.338 e. The van der Waals surface area contributed by atoms with Crippen LogP contribution >= 0.6 is 45.8 Å². The second-order valence-corrected chi connectivity index (χ2v) is 11.5. The van der Waals surface area contributed by atoms with Gasteiger partial charge in [-0.3, -0.25) is 9.69 Å². The minimum atomic E-state index is -0.852. The average Bonchev–Trinajstić information content (AvgIpc) is 3.13. The first kappa shape index (κ1) is 23.9. The fourth-order valence-electron chi connectivity index (χ4n) is 4.73. The van der Waals surface area contributed by atoms with E-state index in [0.717, 1.165) is 41.7 Å². The van der Waals surface area contributed by atoms with E-state index in [4.69, 9.17) is 32.7 Å². The number of nitrogens with one attached hydrogen (secondary N) is 1. The predicted octanol–water partition coefficient (Wildman–Crippen LogP) is 5.10. The summed E-state index contributed by atoms with van der Waals surface area (Å²) in [5.41, 5.74) is 4.52. The number of H-pyrrole nitrogens is 1. The van der Waals surface area contributed by atoms with E-state index < -0.39 is 14.2 Å². The van der Waals surface area contributed by atoms with E-state index in [2.05, 4.69) is 45.5 Å². The first-order valence-corrected chi connectivity index (χ1v) is 12.5. The Morgan fingerprint density at radius 3 is 2.81 bits per heavy atom. The number of aromatic nitrogens is 1. The van der Waals surface area contributed by atoms with E-state index in [-0.39, 0.29) is 18.5 Å². The number of ether oxygens (including phenoxy) is 2. The zero-order chi connectivity index (χ0) is 23.0. The van der Waals surface area contributed by atoms with Crippen molar-refractivity contribution in [3.05, 3.63) is 46.7 Å². The third-order valence-corrected chi connectivity index (χ3v) is 7.83. The van der Waals surface area contributed by atoms with Gasteiger partial charge in [0.25, 0.3) is 0 Å². The molecule has 2 aliphatic heterocycles. The lowest BCUT2D eigenvalue weighted by Gasteiger charge is -2.39. The van der Waals surface area contributed by atoms with Gasteiger partial charge in [-0.25, -0.2) is 4.79 Å². The van der Waals surface area contributed by atoms with Gasteiger partial charge in [0.1, 0.15) is 11.4 Å². The Morgan fingerprint density at radius 2 is 2.12 bits per heavy atom. The van der Waals surface area contributed by atoms with Crippen molar-refractivity contribution in [1.82, 2.24) is 9.88 Å². The lowest BCUT2D eigenvalue weighted by Crippen LogP contribution is -2.43. The number of halogens is 3. The average molecular weight is 591 g/mol. The summed E-state index contributed by atoms with van der Waals surface area (Å²) in [5, 5.41) is 0.902. The van der Waals surface area contributed by atoms with Crippen LogP contribution in [0.25, 0.3) is 10.9 Å². The van der Waals surface area contributed by atoms with Crippen LogP contribution < -0.4 is 0 Å². The Morgan fingerprint density at radius 1 is 1.34 bits per heavy atom. The number of carbonyl (C=O) groups excluding carboxylic acids is 2. The molecule has 0 fully saturated rings. The summed E-state index contributed by atoms with van der Waals surface area (Å²) in [6, 6.07) is 5.37. The first-order valence-electron chi connectivity index (χ1n) is 10.5. The molecule has 9 heteroatoms. The van der Waals surface area contributed by atoms with Gasteiger partial charge in [0.2, 0.25) is 0 Å². The SMILES string of the molecule is CCC1=C[C@H]2CN(C1)Cc1c([nH]c3ccc(C(=O)OCC(Cl)Cl)cc13)[C@](I)(C(=O)OC)C2. The second kappa shape index (κ2) is 9.52. The summed E-state index contributed by atoms with van der Waals surface area (Å²) >= 11 is 13.6. The Kier molecular flexibility index (Phi) is 7.10. The molecule has 0 aliphatic carbocycles. The van der Waals surface area contributed by atoms with E-state index in [1.807, 2.05) is 12.1 Å². The van der Waals surface area contributed by atoms with Gasteiger partial charge in [0.05, 0.1) is 12.7 Å². The first-order chi connectivity index (χ1) is 15.2. The van der Waals surface area contributed by atoms with Crippen molar-refractivity contribution in [3.63, 3.8) is 0 Å². The van der Waals surface area contributed by atoms with Gasteiger partial charge in [-0.1, -0.05) is 41.2 Å². The number of hydrogen-bond acceptors (Lipinski definition) is 5. The van der Waals surface area contributed by atoms with E-state index in [0.29, 0.717) is 18.5 Å². The lowest BCUT2D eigenvalue weighted by atomic mass is 9.84. The van der Waals surface area contributed by atoms with E-state index in [1.54, 1.807) is 6.07 Å². The highest BCUT2D eigenvalue weighted by molar-refractivity contribution is 14.1. The van der Waals surface area contributed by atoms with Crippen molar-refractivity contribution < 1.29 is 19.1 Å². The van der Waals surface area contributed by atoms with Crippen molar-refractivity contribution in [2.75, 3.05) is 26.8 Å². The van der Waals surface area contributed by atoms with Gasteiger partial charge >= 0.3 is 11.9 Å². The molecule has 32 heavy (non-hydrogen) atoms. The molecule has 1 N–H and O–H groups in total. The third kappa shape index (κ3) is 4.54. The predicted molar refractivity (Wildman–Crippen MR) is 134 cm³/mol. The molecule has 3 atom stereocenters. The summed E-state index contributed by atoms with van der Waals surface area (Å²) in [7, 11) is 1.43. The number of nitrogens with zero attached hydrogens (tertiary/aromatic N) is 1. The van der Waals surface area contributed by atoms with Crippen LogP contribution in [-0.4, -0.2) is 53.5 Å². The van der Waals surface area contributed by atoms with Gasteiger partial charge in [0.15, 0.2) is 3.42 Å². The number of alkyl halides is 3. The number of rotatable bonds is 5. The molecule has 3 heterocycles. The van der Waals surface area contributed by atoms with Gasteiger partial charge in [0, 0.05) is 36.2 Å². The number of esters is 2. The minimum absolute atomic E-state index is 0.0777. The fraction of sp³-hybridized carbons (Fsp3) is 0.478. The van der Waals surface area contributed by atoms with E-state index >= 15 is 0 Å². The molecule has 172 valence electrons. The van der Waals surface area contributed by atoms with Gasteiger partial charge in [-0.05, 0) is 42.5 Å². The van der Waals surface area contributed by atoms with Crippen LogP contribution in [0.15, 0.2) is 29.8 Å². The highest BCUT2D eigenvalue weighted by atomic mass is 127. The van der Waals surface area contributed by atoms with E-state index in [1.165, 1.54) is 12.7 Å². The number of aromatic amines is 1. The maximum absolute atomic E-state index is 13.0. The molecule has 2 aliphatic rings. The molecule has 1 aromatic heterocycles. The summed E-state index contributed by atoms with van der Waals surface area (Å²) in [4.78, 5) is 30.7. The molecule has 2 aromatic rings. The van der Waals surface area contributed by atoms with Crippen molar-refractivity contribution in [1.29, 1.82) is 0 Å². The molecule has 1 aromatic carbocycles. The maximum Gasteiger partial charge on any atom is 0.338 e. The quantitative estimate of drug-likeness (QED) is 0.227. The van der Waals surface area contributed by atoms with Crippen LogP contribution in [0.5, 0.6) is 0 Å². The van der Waals surface area contributed by atoms with Crippen molar-refractivity contribution in [2.24, 2.45) is 5.92 Å². The summed E-state index contributed by atoms with van der Waals surface area (Å²) in [6.07, 6.45) is 3.95. The third-order valence-electron chi connectivity index (χ3n) is 6.16. The fourth-order valence-corrected chi connectivity index (χ4v) is 6.10. The van der Waals surface area contributed by atoms with Gasteiger partial charge < -0.3 is 14.5 Å². The summed E-state index contributed by atoms with van der Waals surface area (Å²) in [6.45, 7) is 4.55. The number of methoxy groups -OCH3 is 1. The number of fused-ring (bicyclic) bond motifs is 5. The highest BCUT2D eigenvalue weighted by Gasteiger charge is 2.46. The number of carbonyl (C=O) groups is 2. The van der Waals surface area contributed by atoms with E-state index in [9.17, 15) is 9.59 Å². The monoisotopic (exact) mass is 590 g/mol. The van der Waals surface area contributed by atoms with Crippen LogP contribution in [0.4, 0.5) is 0 Å². The number of benzene rings is 1. The van der Waals surface area contributed by atoms with Crippen LogP contribution in [0.2, 0.25) is 0 Å². The normalized spacial score (nSPS) is 25.0. The van der Waals surface area contributed by atoms with Crippen LogP contribution in [0.1, 0.15) is 41.4 Å². The Labute approximate surface area is 210 Å². The largest absolute Gasteiger partial charge is 0.468 e. The summed E-state index contributed by atoms with van der Waals surface area (Å²) in [5.74, 6) is -0.493. The van der Waals surface area contributed by atoms with Crippen molar-refractivity contribution in [3.8, 4) is 0 Å². The minimum Gasteiger partial charge on any atom is -0.468 e. The number of hydrogen-bond donors (Lipinski definition) is 1. The highest BCUT2D eigenvalue weighted by Crippen LogP contribution is 2.46. The van der Waals surface area contributed by atoms with Crippen molar-refractivity contribution >= 4 is 68.6 Å². The zero-order valence-electron chi connectivity index (χ0n) is 17.9. The Hall–Kier alpha value is -1.29. The van der Waals surface area contributed by atoms with Crippen LogP contribution in [-0.2, 0) is 24.2 Å². The molecule has 0 saturated heterocycles. The second-order valence-electron chi connectivity index (χ2n) is 8.33. The van der Waals surface area contributed by atoms with Crippen molar-refractivity contribution in [2.45, 2.75) is 34.6 Å². The van der Waals surface area contributed by atoms with Crippen LogP contribution in [0, 0.1) is 5.92 Å². The standard InChI is InChI=1S/C23H25Cl2IN2O4/c1-3-13-6-14-8-23(26,22(30)31-2)20-17(11-28(9-13)10-14)16-7-15(4-5-18(16)27-20)21(29)32-12-19(24)25/h4-7,14,19,27H,3,8-12H2,1-2H3/t14-,23+/m1/s1. The molecular formula is C23H25Cl2IN2O4. The molecule has 0 radical (unpaired) electrons. The molecule has 1 unspecified atom stereocenters. The Bertz CT molecular complexity index is 1080. The molecule has 2 bridgehead atoms. The molecule has 0 saturated carbocycles. The molecule has 0 amide bonds. The molecule has 0 spiro atoms.